The van der Waals surface area contributed by atoms with Crippen molar-refractivity contribution in [2.75, 3.05) is 0 Å². The van der Waals surface area contributed by atoms with Gasteiger partial charge in [-0.05, 0) is 52.3 Å². The van der Waals surface area contributed by atoms with Crippen LogP contribution in [0.4, 0.5) is 8.78 Å². The molecule has 0 aliphatic carbocycles. The Bertz CT molecular complexity index is 874. The Kier molecular flexibility index (Phi) is 4.28. The van der Waals surface area contributed by atoms with E-state index in [-0.39, 0.29) is 21.8 Å². The number of nitrogens with zero attached hydrogens (tertiary/aromatic N) is 2. The maximum atomic E-state index is 14.1. The minimum Gasteiger partial charge on any atom is -0.298 e. The molecule has 116 valence electrons. The number of aldehydes is 1. The van der Waals surface area contributed by atoms with Crippen LogP contribution in [0, 0.1) is 11.6 Å². The zero-order chi connectivity index (χ0) is 16.6. The van der Waals surface area contributed by atoms with E-state index in [9.17, 15) is 13.6 Å². The molecule has 0 radical (unpaired) electrons. The minimum absolute atomic E-state index is 0.0397. The molecule has 1 aromatic heterocycles. The SMILES string of the molecule is O=Cc1c(-c2c(F)cccc2Cl)nn(-c2ccc(F)cc2)c1Br. The molecule has 0 spiro atoms. The van der Waals surface area contributed by atoms with Crippen molar-refractivity contribution in [2.45, 2.75) is 0 Å². The van der Waals surface area contributed by atoms with Gasteiger partial charge in [-0.2, -0.15) is 5.10 Å². The van der Waals surface area contributed by atoms with E-state index in [0.29, 0.717) is 16.6 Å². The highest BCUT2D eigenvalue weighted by molar-refractivity contribution is 9.10. The van der Waals surface area contributed by atoms with E-state index in [0.717, 1.165) is 0 Å². The summed E-state index contributed by atoms with van der Waals surface area (Å²) in [5.74, 6) is -0.984. The summed E-state index contributed by atoms with van der Waals surface area (Å²) in [6.07, 6.45) is 0.565. The zero-order valence-corrected chi connectivity index (χ0v) is 13.8. The quantitative estimate of drug-likeness (QED) is 0.580. The van der Waals surface area contributed by atoms with E-state index in [4.69, 9.17) is 11.6 Å². The molecule has 0 aliphatic rings. The minimum atomic E-state index is -0.586. The van der Waals surface area contributed by atoms with Gasteiger partial charge in [0.15, 0.2) is 6.29 Å². The average Bonchev–Trinajstić information content (AvgIpc) is 2.84. The van der Waals surface area contributed by atoms with Crippen molar-refractivity contribution in [3.63, 3.8) is 0 Å². The number of aromatic nitrogens is 2. The molecule has 0 bridgehead atoms. The molecule has 0 unspecified atom stereocenters. The van der Waals surface area contributed by atoms with E-state index < -0.39 is 11.6 Å². The van der Waals surface area contributed by atoms with Crippen LogP contribution in [0.2, 0.25) is 5.02 Å². The van der Waals surface area contributed by atoms with Crippen molar-refractivity contribution >= 4 is 33.8 Å². The molecule has 7 heteroatoms. The lowest BCUT2D eigenvalue weighted by atomic mass is 10.1. The standard InChI is InChI=1S/C16H8BrClF2N2O/c17-16-11(8-23)15(14-12(18)2-1-3-13(14)20)21-22(16)10-6-4-9(19)5-7-10/h1-8H. The van der Waals surface area contributed by atoms with Crippen LogP contribution >= 0.6 is 27.5 Å². The lowest BCUT2D eigenvalue weighted by Crippen LogP contribution is -1.97. The molecular formula is C16H8BrClF2N2O. The number of rotatable bonds is 3. The van der Waals surface area contributed by atoms with Gasteiger partial charge in [-0.25, -0.2) is 13.5 Å². The highest BCUT2D eigenvalue weighted by atomic mass is 79.9. The monoisotopic (exact) mass is 396 g/mol. The van der Waals surface area contributed by atoms with Crippen LogP contribution in [0.1, 0.15) is 10.4 Å². The molecule has 3 rings (SSSR count). The summed E-state index contributed by atoms with van der Waals surface area (Å²) in [6, 6.07) is 9.73. The van der Waals surface area contributed by atoms with Crippen molar-refractivity contribution in [3.8, 4) is 16.9 Å². The summed E-state index contributed by atoms with van der Waals surface area (Å²) in [4.78, 5) is 11.4. The topological polar surface area (TPSA) is 34.9 Å². The van der Waals surface area contributed by atoms with Gasteiger partial charge >= 0.3 is 0 Å². The maximum absolute atomic E-state index is 14.1. The largest absolute Gasteiger partial charge is 0.298 e. The van der Waals surface area contributed by atoms with E-state index in [1.165, 1.54) is 47.1 Å². The fraction of sp³-hybridized carbons (Fsp3) is 0. The molecule has 0 atom stereocenters. The van der Waals surface area contributed by atoms with E-state index in [1.807, 2.05) is 0 Å². The second kappa shape index (κ2) is 6.22. The highest BCUT2D eigenvalue weighted by Crippen LogP contribution is 2.35. The lowest BCUT2D eigenvalue weighted by molar-refractivity contribution is 0.112. The van der Waals surface area contributed by atoms with Crippen LogP contribution in [0.15, 0.2) is 47.1 Å². The first-order valence-electron chi connectivity index (χ1n) is 6.47. The second-order valence-electron chi connectivity index (χ2n) is 4.66. The molecule has 1 heterocycles. The van der Waals surface area contributed by atoms with Gasteiger partial charge in [0.25, 0.3) is 0 Å². The third-order valence-corrected chi connectivity index (χ3v) is 4.33. The fourth-order valence-corrected chi connectivity index (χ4v) is 2.99. The summed E-state index contributed by atoms with van der Waals surface area (Å²) < 4.78 is 28.9. The Hall–Kier alpha value is -2.05. The maximum Gasteiger partial charge on any atom is 0.155 e. The number of carbonyl (C=O) groups excluding carboxylic acids is 1. The molecule has 0 amide bonds. The summed E-state index contributed by atoms with van der Waals surface area (Å²) in [5, 5.41) is 4.41. The Balaban J connectivity index is 2.25. The highest BCUT2D eigenvalue weighted by Gasteiger charge is 2.22. The Morgan fingerprint density at radius 2 is 1.83 bits per heavy atom. The molecular weight excluding hydrogens is 390 g/mol. The first kappa shape index (κ1) is 15.8. The van der Waals surface area contributed by atoms with E-state index in [2.05, 4.69) is 21.0 Å². The first-order valence-corrected chi connectivity index (χ1v) is 7.64. The van der Waals surface area contributed by atoms with Gasteiger partial charge in [0, 0.05) is 0 Å². The van der Waals surface area contributed by atoms with Gasteiger partial charge < -0.3 is 0 Å². The van der Waals surface area contributed by atoms with Crippen molar-refractivity contribution < 1.29 is 13.6 Å². The number of halogens is 4. The van der Waals surface area contributed by atoms with Gasteiger partial charge in [-0.3, -0.25) is 4.79 Å². The third-order valence-electron chi connectivity index (χ3n) is 3.25. The zero-order valence-electron chi connectivity index (χ0n) is 11.4. The number of hydrogen-bond acceptors (Lipinski definition) is 2. The molecule has 3 nitrogen and oxygen atoms in total. The Morgan fingerprint density at radius 3 is 2.43 bits per heavy atom. The number of carbonyl (C=O) groups is 1. The molecule has 0 N–H and O–H groups in total. The first-order chi connectivity index (χ1) is 11.0. The normalized spacial score (nSPS) is 10.8. The van der Waals surface area contributed by atoms with E-state index in [1.54, 1.807) is 0 Å². The predicted molar refractivity (Wildman–Crippen MR) is 87.0 cm³/mol. The molecule has 3 aromatic rings. The van der Waals surface area contributed by atoms with Gasteiger partial charge in [0.2, 0.25) is 0 Å². The summed E-state index contributed by atoms with van der Waals surface area (Å²) in [5.41, 5.74) is 0.818. The van der Waals surface area contributed by atoms with Gasteiger partial charge in [0.05, 0.1) is 21.8 Å². The van der Waals surface area contributed by atoms with Gasteiger partial charge in [0.1, 0.15) is 21.9 Å². The number of benzene rings is 2. The average molecular weight is 398 g/mol. The summed E-state index contributed by atoms with van der Waals surface area (Å²) >= 11 is 9.33. The van der Waals surface area contributed by atoms with Crippen LogP contribution < -0.4 is 0 Å². The third kappa shape index (κ3) is 2.80. The van der Waals surface area contributed by atoms with Crippen LogP contribution in [0.3, 0.4) is 0 Å². The van der Waals surface area contributed by atoms with Crippen LogP contribution in [0.5, 0.6) is 0 Å². The molecule has 0 fully saturated rings. The molecule has 23 heavy (non-hydrogen) atoms. The number of hydrogen-bond donors (Lipinski definition) is 0. The molecule has 0 saturated heterocycles. The van der Waals surface area contributed by atoms with Crippen molar-refractivity contribution in [1.29, 1.82) is 0 Å². The van der Waals surface area contributed by atoms with Crippen LogP contribution in [-0.2, 0) is 0 Å². The Labute approximate surface area is 143 Å². The second-order valence-corrected chi connectivity index (χ2v) is 5.81. The van der Waals surface area contributed by atoms with E-state index >= 15 is 0 Å². The molecule has 2 aromatic carbocycles. The molecule has 0 saturated carbocycles. The summed E-state index contributed by atoms with van der Waals surface area (Å²) in [7, 11) is 0. The van der Waals surface area contributed by atoms with Crippen molar-refractivity contribution in [2.24, 2.45) is 0 Å². The van der Waals surface area contributed by atoms with Crippen molar-refractivity contribution in [1.82, 2.24) is 9.78 Å². The summed E-state index contributed by atoms with van der Waals surface area (Å²) in [6.45, 7) is 0. The van der Waals surface area contributed by atoms with Gasteiger partial charge in [-0.1, -0.05) is 17.7 Å². The predicted octanol–water partition coefficient (Wildman–Crippen LogP) is 5.05. The van der Waals surface area contributed by atoms with Crippen LogP contribution in [0.25, 0.3) is 16.9 Å². The smallest absolute Gasteiger partial charge is 0.155 e. The Morgan fingerprint density at radius 1 is 1.13 bits per heavy atom. The van der Waals surface area contributed by atoms with Crippen LogP contribution in [-0.4, -0.2) is 16.1 Å². The fourth-order valence-electron chi connectivity index (χ4n) is 2.18. The van der Waals surface area contributed by atoms with Gasteiger partial charge in [-0.15, -0.1) is 0 Å². The van der Waals surface area contributed by atoms with Crippen molar-refractivity contribution in [3.05, 3.63) is 69.3 Å². The molecule has 0 aliphatic heterocycles. The lowest BCUT2D eigenvalue weighted by Gasteiger charge is -2.04.